The fourth-order valence-corrected chi connectivity index (χ4v) is 1.41. The van der Waals surface area contributed by atoms with Crippen LogP contribution in [0.2, 0.25) is 0 Å². The van der Waals surface area contributed by atoms with Crippen molar-refractivity contribution in [1.29, 1.82) is 5.26 Å². The number of hydrogen-bond donors (Lipinski definition) is 2. The topological polar surface area (TPSA) is 73.1 Å². The van der Waals surface area contributed by atoms with Crippen LogP contribution in [0.3, 0.4) is 0 Å². The maximum absolute atomic E-state index is 13.0. The standard InChI is InChI=1S/C12H13FN2O2/c13-11-5-9(7-14)4-10(6-11)8-15-3-1-2-12(16)17/h4-6,15H,1-3,8H2,(H,16,17). The van der Waals surface area contributed by atoms with Gasteiger partial charge < -0.3 is 10.4 Å². The molecule has 0 aromatic heterocycles. The summed E-state index contributed by atoms with van der Waals surface area (Å²) in [7, 11) is 0. The summed E-state index contributed by atoms with van der Waals surface area (Å²) in [5.41, 5.74) is 0.962. The van der Waals surface area contributed by atoms with Crippen LogP contribution in [0.25, 0.3) is 0 Å². The van der Waals surface area contributed by atoms with Gasteiger partial charge in [0.2, 0.25) is 0 Å². The molecule has 2 N–H and O–H groups in total. The van der Waals surface area contributed by atoms with Gasteiger partial charge in [-0.1, -0.05) is 0 Å². The van der Waals surface area contributed by atoms with E-state index >= 15 is 0 Å². The zero-order valence-corrected chi connectivity index (χ0v) is 9.24. The van der Waals surface area contributed by atoms with E-state index in [1.54, 1.807) is 6.07 Å². The summed E-state index contributed by atoms with van der Waals surface area (Å²) in [4.78, 5) is 10.2. The third kappa shape index (κ3) is 5.09. The monoisotopic (exact) mass is 236 g/mol. The smallest absolute Gasteiger partial charge is 0.303 e. The van der Waals surface area contributed by atoms with Crippen molar-refractivity contribution in [1.82, 2.24) is 5.32 Å². The first-order valence-electron chi connectivity index (χ1n) is 5.24. The number of nitrogens with zero attached hydrogens (tertiary/aromatic N) is 1. The summed E-state index contributed by atoms with van der Waals surface area (Å²) < 4.78 is 13.0. The number of aliphatic carboxylic acids is 1. The van der Waals surface area contributed by atoms with Crippen LogP contribution >= 0.6 is 0 Å². The molecule has 0 radical (unpaired) electrons. The first-order chi connectivity index (χ1) is 8.11. The molecular weight excluding hydrogens is 223 g/mol. The van der Waals surface area contributed by atoms with Gasteiger partial charge in [-0.2, -0.15) is 5.26 Å². The molecule has 1 aromatic carbocycles. The number of carbonyl (C=O) groups is 1. The molecule has 1 aromatic rings. The Morgan fingerprint density at radius 2 is 2.24 bits per heavy atom. The Morgan fingerprint density at radius 1 is 1.47 bits per heavy atom. The highest BCUT2D eigenvalue weighted by Crippen LogP contribution is 2.08. The number of benzene rings is 1. The van der Waals surface area contributed by atoms with Gasteiger partial charge in [0.1, 0.15) is 5.82 Å². The zero-order valence-electron chi connectivity index (χ0n) is 9.24. The van der Waals surface area contributed by atoms with E-state index in [4.69, 9.17) is 10.4 Å². The predicted octanol–water partition coefficient (Wildman–Crippen LogP) is 1.65. The third-order valence-corrected chi connectivity index (χ3v) is 2.16. The van der Waals surface area contributed by atoms with Crippen LogP contribution in [-0.4, -0.2) is 17.6 Å². The van der Waals surface area contributed by atoms with Gasteiger partial charge in [0.15, 0.2) is 0 Å². The van der Waals surface area contributed by atoms with Crippen LogP contribution in [0.1, 0.15) is 24.0 Å². The maximum Gasteiger partial charge on any atom is 0.303 e. The van der Waals surface area contributed by atoms with Crippen molar-refractivity contribution in [2.24, 2.45) is 0 Å². The molecule has 0 saturated carbocycles. The van der Waals surface area contributed by atoms with Crippen molar-refractivity contribution in [2.45, 2.75) is 19.4 Å². The van der Waals surface area contributed by atoms with Crippen molar-refractivity contribution in [3.05, 3.63) is 35.1 Å². The Morgan fingerprint density at radius 3 is 2.88 bits per heavy atom. The van der Waals surface area contributed by atoms with Crippen LogP contribution in [0, 0.1) is 17.1 Å². The Balaban J connectivity index is 2.39. The summed E-state index contributed by atoms with van der Waals surface area (Å²) >= 11 is 0. The molecule has 0 amide bonds. The quantitative estimate of drug-likeness (QED) is 0.736. The van der Waals surface area contributed by atoms with Gasteiger partial charge in [-0.25, -0.2) is 4.39 Å². The van der Waals surface area contributed by atoms with E-state index in [2.05, 4.69) is 5.32 Å². The lowest BCUT2D eigenvalue weighted by molar-refractivity contribution is -0.137. The first-order valence-corrected chi connectivity index (χ1v) is 5.24. The zero-order chi connectivity index (χ0) is 12.7. The van der Waals surface area contributed by atoms with E-state index in [1.165, 1.54) is 12.1 Å². The lowest BCUT2D eigenvalue weighted by Gasteiger charge is -2.04. The molecule has 0 aliphatic heterocycles. The number of rotatable bonds is 6. The van der Waals surface area contributed by atoms with Crippen LogP contribution in [0.4, 0.5) is 4.39 Å². The number of nitriles is 1. The fourth-order valence-electron chi connectivity index (χ4n) is 1.41. The number of carboxylic acid groups (broad SMARTS) is 1. The van der Waals surface area contributed by atoms with Crippen molar-refractivity contribution in [3.8, 4) is 6.07 Å². The van der Waals surface area contributed by atoms with Gasteiger partial charge in [-0.05, 0) is 36.7 Å². The summed E-state index contributed by atoms with van der Waals surface area (Å²) in [6.07, 6.45) is 0.634. The molecule has 0 saturated heterocycles. The van der Waals surface area contributed by atoms with E-state index in [0.717, 1.165) is 0 Å². The van der Waals surface area contributed by atoms with Gasteiger partial charge in [0, 0.05) is 13.0 Å². The molecule has 0 fully saturated rings. The average molecular weight is 236 g/mol. The Labute approximate surface area is 98.7 Å². The number of halogens is 1. The summed E-state index contributed by atoms with van der Waals surface area (Å²) in [5.74, 6) is -1.27. The van der Waals surface area contributed by atoms with Crippen LogP contribution in [0.5, 0.6) is 0 Å². The highest BCUT2D eigenvalue weighted by molar-refractivity contribution is 5.66. The molecule has 17 heavy (non-hydrogen) atoms. The van der Waals surface area contributed by atoms with Crippen molar-refractivity contribution in [3.63, 3.8) is 0 Å². The molecule has 5 heteroatoms. The highest BCUT2D eigenvalue weighted by Gasteiger charge is 2.01. The van der Waals surface area contributed by atoms with E-state index in [9.17, 15) is 9.18 Å². The van der Waals surface area contributed by atoms with E-state index in [-0.39, 0.29) is 12.0 Å². The van der Waals surface area contributed by atoms with E-state index < -0.39 is 11.8 Å². The molecular formula is C12H13FN2O2. The second-order valence-electron chi connectivity index (χ2n) is 3.63. The SMILES string of the molecule is N#Cc1cc(F)cc(CNCCCC(=O)O)c1. The molecule has 0 unspecified atom stereocenters. The second-order valence-corrected chi connectivity index (χ2v) is 3.63. The molecule has 0 aliphatic carbocycles. The Kier molecular flexibility index (Phi) is 5.11. The molecule has 4 nitrogen and oxygen atoms in total. The van der Waals surface area contributed by atoms with Gasteiger partial charge in [-0.3, -0.25) is 4.79 Å². The minimum Gasteiger partial charge on any atom is -0.481 e. The number of nitrogens with one attached hydrogen (secondary N) is 1. The van der Waals surface area contributed by atoms with Crippen molar-refractivity contribution >= 4 is 5.97 Å². The average Bonchev–Trinajstić information content (AvgIpc) is 2.27. The van der Waals surface area contributed by atoms with E-state index in [1.807, 2.05) is 6.07 Å². The molecule has 0 heterocycles. The minimum atomic E-state index is -0.829. The van der Waals surface area contributed by atoms with Crippen molar-refractivity contribution in [2.75, 3.05) is 6.54 Å². The molecule has 0 bridgehead atoms. The Bertz CT molecular complexity index is 441. The molecule has 0 atom stereocenters. The normalized spacial score (nSPS) is 9.88. The third-order valence-electron chi connectivity index (χ3n) is 2.16. The second kappa shape index (κ2) is 6.61. The van der Waals surface area contributed by atoms with Gasteiger partial charge in [0.25, 0.3) is 0 Å². The lowest BCUT2D eigenvalue weighted by atomic mass is 10.1. The van der Waals surface area contributed by atoms with Gasteiger partial charge >= 0.3 is 5.97 Å². The Hall–Kier alpha value is -1.93. The van der Waals surface area contributed by atoms with Crippen LogP contribution in [0.15, 0.2) is 18.2 Å². The van der Waals surface area contributed by atoms with Gasteiger partial charge in [0.05, 0.1) is 11.6 Å². The summed E-state index contributed by atoms with van der Waals surface area (Å²) in [6, 6.07) is 6.01. The predicted molar refractivity (Wildman–Crippen MR) is 59.7 cm³/mol. The molecule has 0 aliphatic rings. The lowest BCUT2D eigenvalue weighted by Crippen LogP contribution is -2.16. The maximum atomic E-state index is 13.0. The summed E-state index contributed by atoms with van der Waals surface area (Å²) in [6.45, 7) is 0.969. The first kappa shape index (κ1) is 13.1. The number of carboxylic acids is 1. The van der Waals surface area contributed by atoms with E-state index in [0.29, 0.717) is 25.1 Å². The summed E-state index contributed by atoms with van der Waals surface area (Å²) in [5, 5.41) is 20.1. The molecule has 1 rings (SSSR count). The number of hydrogen-bond acceptors (Lipinski definition) is 3. The minimum absolute atomic E-state index is 0.111. The molecule has 0 spiro atoms. The largest absolute Gasteiger partial charge is 0.481 e. The molecule has 90 valence electrons. The van der Waals surface area contributed by atoms with Crippen LogP contribution < -0.4 is 5.32 Å². The van der Waals surface area contributed by atoms with Gasteiger partial charge in [-0.15, -0.1) is 0 Å². The highest BCUT2D eigenvalue weighted by atomic mass is 19.1. The fraction of sp³-hybridized carbons (Fsp3) is 0.333. The van der Waals surface area contributed by atoms with Crippen molar-refractivity contribution < 1.29 is 14.3 Å². The van der Waals surface area contributed by atoms with Crippen LogP contribution in [-0.2, 0) is 11.3 Å².